The summed E-state index contributed by atoms with van der Waals surface area (Å²) in [5, 5.41) is 6.83. The molecule has 0 radical (unpaired) electrons. The zero-order valence-electron chi connectivity index (χ0n) is 16.2. The maximum Gasteiger partial charge on any atom is 0.226 e. The molecule has 1 saturated carbocycles. The first kappa shape index (κ1) is 18.3. The van der Waals surface area contributed by atoms with Crippen molar-refractivity contribution in [2.24, 2.45) is 4.99 Å². The van der Waals surface area contributed by atoms with Gasteiger partial charge < -0.3 is 15.1 Å². The van der Waals surface area contributed by atoms with E-state index < -0.39 is 0 Å². The topological polar surface area (TPSA) is 62.5 Å². The molecule has 144 valence electrons. The molecule has 0 unspecified atom stereocenters. The maximum atomic E-state index is 5.60. The lowest BCUT2D eigenvalue weighted by Crippen LogP contribution is -2.41. The van der Waals surface area contributed by atoms with Gasteiger partial charge in [-0.25, -0.2) is 9.98 Å². The largest absolute Gasteiger partial charge is 0.444 e. The van der Waals surface area contributed by atoms with E-state index in [9.17, 15) is 0 Å². The number of oxazole rings is 1. The van der Waals surface area contributed by atoms with Crippen LogP contribution >= 0.6 is 0 Å². The number of aliphatic imine (C=N–C) groups is 1. The van der Waals surface area contributed by atoms with E-state index in [1.807, 2.05) is 30.3 Å². The Hall–Kier alpha value is -3.08. The van der Waals surface area contributed by atoms with Crippen molar-refractivity contribution in [1.82, 2.24) is 15.6 Å². The van der Waals surface area contributed by atoms with Gasteiger partial charge in [-0.05, 0) is 37.5 Å². The molecule has 0 amide bonds. The molecule has 1 aromatic heterocycles. The first-order valence-electron chi connectivity index (χ1n) is 9.87. The normalized spacial score (nSPS) is 15.2. The van der Waals surface area contributed by atoms with E-state index in [1.54, 1.807) is 6.26 Å². The molecular weight excluding hydrogens is 348 g/mol. The van der Waals surface area contributed by atoms with E-state index in [2.05, 4.69) is 57.9 Å². The summed E-state index contributed by atoms with van der Waals surface area (Å²) in [7, 11) is 0. The van der Waals surface area contributed by atoms with Gasteiger partial charge in [-0.1, -0.05) is 48.5 Å². The van der Waals surface area contributed by atoms with Crippen molar-refractivity contribution in [3.8, 4) is 11.5 Å². The monoisotopic (exact) mass is 374 g/mol. The van der Waals surface area contributed by atoms with E-state index in [4.69, 9.17) is 4.42 Å². The van der Waals surface area contributed by atoms with Crippen molar-refractivity contribution in [1.29, 1.82) is 0 Å². The first-order valence-corrected chi connectivity index (χ1v) is 9.87. The van der Waals surface area contributed by atoms with Crippen molar-refractivity contribution in [2.75, 3.05) is 13.1 Å². The zero-order chi connectivity index (χ0) is 19.2. The van der Waals surface area contributed by atoms with E-state index in [-0.39, 0.29) is 5.41 Å². The third kappa shape index (κ3) is 4.25. The molecule has 5 heteroatoms. The van der Waals surface area contributed by atoms with Crippen LogP contribution in [0.1, 0.15) is 31.0 Å². The quantitative estimate of drug-likeness (QED) is 0.482. The standard InChI is InChI=1S/C23H26N4O/c1-2-24-22(26-17-23(13-14-23)19-11-7-4-8-12-19)25-15-20-16-28-21(27-20)18-9-5-3-6-10-18/h3-12,16H,2,13-15,17H2,1H3,(H2,24,25,26). The van der Waals surface area contributed by atoms with Crippen LogP contribution in [0, 0.1) is 0 Å². The lowest BCUT2D eigenvalue weighted by Gasteiger charge is -2.19. The van der Waals surface area contributed by atoms with Crippen molar-refractivity contribution < 1.29 is 4.42 Å². The molecule has 5 nitrogen and oxygen atoms in total. The first-order chi connectivity index (χ1) is 13.8. The number of hydrogen-bond donors (Lipinski definition) is 2. The van der Waals surface area contributed by atoms with Gasteiger partial charge in [0, 0.05) is 24.1 Å². The molecule has 3 aromatic rings. The van der Waals surface area contributed by atoms with Crippen LogP contribution in [0.3, 0.4) is 0 Å². The van der Waals surface area contributed by atoms with Crippen LogP contribution in [-0.4, -0.2) is 24.0 Å². The second-order valence-corrected chi connectivity index (χ2v) is 7.21. The highest BCUT2D eigenvalue weighted by Gasteiger charge is 2.43. The molecule has 2 aromatic carbocycles. The number of nitrogens with one attached hydrogen (secondary N) is 2. The minimum atomic E-state index is 0.242. The fourth-order valence-corrected chi connectivity index (χ4v) is 3.36. The highest BCUT2D eigenvalue weighted by Crippen LogP contribution is 2.47. The SMILES string of the molecule is CCNC(=NCc1coc(-c2ccccc2)n1)NCC1(c2ccccc2)CC1. The second kappa shape index (κ2) is 8.30. The van der Waals surface area contributed by atoms with Gasteiger partial charge in [0.1, 0.15) is 12.0 Å². The highest BCUT2D eigenvalue weighted by molar-refractivity contribution is 5.80. The van der Waals surface area contributed by atoms with Gasteiger partial charge >= 0.3 is 0 Å². The van der Waals surface area contributed by atoms with Crippen molar-refractivity contribution >= 4 is 5.96 Å². The Labute approximate surface area is 165 Å². The average Bonchev–Trinajstić information content (AvgIpc) is 3.40. The molecule has 1 aliphatic rings. The summed E-state index contributed by atoms with van der Waals surface area (Å²) in [4.78, 5) is 9.24. The lowest BCUT2D eigenvalue weighted by atomic mass is 9.96. The van der Waals surface area contributed by atoms with Gasteiger partial charge in [0.2, 0.25) is 5.89 Å². The Bertz CT molecular complexity index is 914. The van der Waals surface area contributed by atoms with Crippen molar-refractivity contribution in [2.45, 2.75) is 31.7 Å². The smallest absolute Gasteiger partial charge is 0.226 e. The molecule has 28 heavy (non-hydrogen) atoms. The molecule has 1 heterocycles. The van der Waals surface area contributed by atoms with Crippen LogP contribution in [0.4, 0.5) is 0 Å². The number of benzene rings is 2. The third-order valence-corrected chi connectivity index (χ3v) is 5.15. The number of nitrogens with zero attached hydrogens (tertiary/aromatic N) is 2. The predicted octanol–water partition coefficient (Wildman–Crippen LogP) is 4.13. The third-order valence-electron chi connectivity index (χ3n) is 5.15. The second-order valence-electron chi connectivity index (χ2n) is 7.21. The number of hydrogen-bond acceptors (Lipinski definition) is 3. The lowest BCUT2D eigenvalue weighted by molar-refractivity contribution is 0.572. The minimum Gasteiger partial charge on any atom is -0.444 e. The van der Waals surface area contributed by atoms with E-state index >= 15 is 0 Å². The molecule has 2 N–H and O–H groups in total. The van der Waals surface area contributed by atoms with Crippen LogP contribution in [0.5, 0.6) is 0 Å². The van der Waals surface area contributed by atoms with E-state index in [0.717, 1.165) is 30.3 Å². The molecular formula is C23H26N4O. The summed E-state index contributed by atoms with van der Waals surface area (Å²) in [6.07, 6.45) is 4.11. The number of aromatic nitrogens is 1. The molecule has 0 saturated heterocycles. The van der Waals surface area contributed by atoms with E-state index in [1.165, 1.54) is 18.4 Å². The van der Waals surface area contributed by atoms with Crippen LogP contribution in [0.25, 0.3) is 11.5 Å². The molecule has 1 aliphatic carbocycles. The maximum absolute atomic E-state index is 5.60. The summed E-state index contributed by atoms with van der Waals surface area (Å²) in [5.74, 6) is 1.44. The predicted molar refractivity (Wildman–Crippen MR) is 112 cm³/mol. The van der Waals surface area contributed by atoms with Gasteiger partial charge in [0.15, 0.2) is 5.96 Å². The fourth-order valence-electron chi connectivity index (χ4n) is 3.36. The van der Waals surface area contributed by atoms with E-state index in [0.29, 0.717) is 12.4 Å². The summed E-state index contributed by atoms with van der Waals surface area (Å²) >= 11 is 0. The molecule has 4 rings (SSSR count). The van der Waals surface area contributed by atoms with Crippen LogP contribution in [0.15, 0.2) is 76.3 Å². The van der Waals surface area contributed by atoms with Gasteiger partial charge in [-0.2, -0.15) is 0 Å². The average molecular weight is 374 g/mol. The molecule has 1 fully saturated rings. The van der Waals surface area contributed by atoms with Crippen molar-refractivity contribution in [3.63, 3.8) is 0 Å². The van der Waals surface area contributed by atoms with Gasteiger partial charge in [0.25, 0.3) is 0 Å². The van der Waals surface area contributed by atoms with Gasteiger partial charge in [-0.3, -0.25) is 0 Å². The Morgan fingerprint density at radius 3 is 2.43 bits per heavy atom. The molecule has 0 aliphatic heterocycles. The van der Waals surface area contributed by atoms with Crippen LogP contribution < -0.4 is 10.6 Å². The summed E-state index contributed by atoms with van der Waals surface area (Å²) in [6.45, 7) is 4.25. The van der Waals surface area contributed by atoms with Crippen LogP contribution in [-0.2, 0) is 12.0 Å². The zero-order valence-corrected chi connectivity index (χ0v) is 16.2. The molecule has 0 spiro atoms. The van der Waals surface area contributed by atoms with Crippen LogP contribution in [0.2, 0.25) is 0 Å². The Morgan fingerprint density at radius 2 is 1.75 bits per heavy atom. The Morgan fingerprint density at radius 1 is 1.04 bits per heavy atom. The number of guanidine groups is 1. The number of rotatable bonds is 7. The Balaban J connectivity index is 1.39. The molecule has 0 atom stereocenters. The summed E-state index contributed by atoms with van der Waals surface area (Å²) in [5.41, 5.74) is 3.44. The Kier molecular flexibility index (Phi) is 5.42. The summed E-state index contributed by atoms with van der Waals surface area (Å²) in [6, 6.07) is 20.7. The van der Waals surface area contributed by atoms with Crippen molar-refractivity contribution in [3.05, 3.63) is 78.2 Å². The minimum absolute atomic E-state index is 0.242. The fraction of sp³-hybridized carbons (Fsp3) is 0.304. The summed E-state index contributed by atoms with van der Waals surface area (Å²) < 4.78 is 5.60. The molecule has 0 bridgehead atoms. The highest BCUT2D eigenvalue weighted by atomic mass is 16.3. The van der Waals surface area contributed by atoms with Gasteiger partial charge in [0.05, 0.1) is 6.54 Å². The van der Waals surface area contributed by atoms with Gasteiger partial charge in [-0.15, -0.1) is 0 Å².